The number of rotatable bonds is 8. The molecule has 1 unspecified atom stereocenters. The van der Waals surface area contributed by atoms with Crippen LogP contribution >= 0.6 is 0 Å². The first-order chi connectivity index (χ1) is 12.6. The second-order valence-corrected chi connectivity index (χ2v) is 10.1. The Bertz CT molecular complexity index is 771. The van der Waals surface area contributed by atoms with Gasteiger partial charge >= 0.3 is 0 Å². The first-order valence-corrected chi connectivity index (χ1v) is 11.2. The predicted molar refractivity (Wildman–Crippen MR) is 108 cm³/mol. The Labute approximate surface area is 163 Å². The maximum atomic E-state index is 12.8. The highest BCUT2D eigenvalue weighted by Gasteiger charge is 2.28. The zero-order chi connectivity index (χ0) is 20.2. The number of carbonyl (C=O) groups excluding carboxylic acids is 1. The molecule has 0 bridgehead atoms. The van der Waals surface area contributed by atoms with Crippen molar-refractivity contribution in [1.29, 1.82) is 0 Å². The summed E-state index contributed by atoms with van der Waals surface area (Å²) in [7, 11) is -3.65. The lowest BCUT2D eigenvalue weighted by Gasteiger charge is -2.31. The molecule has 1 aliphatic carbocycles. The van der Waals surface area contributed by atoms with Gasteiger partial charge in [-0.25, -0.2) is 13.1 Å². The Balaban J connectivity index is 2.24. The zero-order valence-electron chi connectivity index (χ0n) is 16.8. The molecule has 1 atom stereocenters. The lowest BCUT2D eigenvalue weighted by molar-refractivity contribution is 0.0898. The summed E-state index contributed by atoms with van der Waals surface area (Å²) in [5, 5.41) is 2.98. The zero-order valence-corrected chi connectivity index (χ0v) is 17.7. The minimum atomic E-state index is -3.65. The van der Waals surface area contributed by atoms with E-state index in [0.29, 0.717) is 23.6 Å². The van der Waals surface area contributed by atoms with Gasteiger partial charge in [0.05, 0.1) is 4.90 Å². The molecule has 1 aromatic rings. The van der Waals surface area contributed by atoms with E-state index in [0.717, 1.165) is 32.1 Å². The highest BCUT2D eigenvalue weighted by Crippen LogP contribution is 2.23. The molecule has 0 saturated heterocycles. The molecule has 1 amide bonds. The van der Waals surface area contributed by atoms with E-state index in [2.05, 4.69) is 23.9 Å². The summed E-state index contributed by atoms with van der Waals surface area (Å²) in [6, 6.07) is 4.79. The number of carbonyl (C=O) groups is 1. The number of nitrogens with two attached hydrogens (primary N) is 1. The fourth-order valence-electron chi connectivity index (χ4n) is 3.79. The van der Waals surface area contributed by atoms with Crippen LogP contribution in [0.4, 0.5) is 0 Å². The van der Waals surface area contributed by atoms with Gasteiger partial charge in [-0.15, -0.1) is 0 Å². The number of amides is 1. The molecule has 1 aliphatic rings. The van der Waals surface area contributed by atoms with E-state index in [1.54, 1.807) is 19.1 Å². The Morgan fingerprint density at radius 2 is 1.93 bits per heavy atom. The molecule has 152 valence electrons. The van der Waals surface area contributed by atoms with E-state index in [9.17, 15) is 13.2 Å². The monoisotopic (exact) mass is 395 g/mol. The molecule has 0 spiro atoms. The normalized spacial score (nSPS) is 17.9. The predicted octanol–water partition coefficient (Wildman–Crippen LogP) is 2.71. The average Bonchev–Trinajstić information content (AvgIpc) is 3.06. The average molecular weight is 396 g/mol. The van der Waals surface area contributed by atoms with Crippen molar-refractivity contribution in [2.45, 2.75) is 76.3 Å². The number of nitrogens with one attached hydrogen (secondary N) is 2. The van der Waals surface area contributed by atoms with Gasteiger partial charge in [-0.05, 0) is 56.7 Å². The largest absolute Gasteiger partial charge is 0.346 e. The molecular weight excluding hydrogens is 362 g/mol. The summed E-state index contributed by atoms with van der Waals surface area (Å²) < 4.78 is 28.4. The maximum Gasteiger partial charge on any atom is 0.251 e. The second-order valence-electron chi connectivity index (χ2n) is 8.40. The quantitative estimate of drug-likeness (QED) is 0.630. The van der Waals surface area contributed by atoms with Gasteiger partial charge in [-0.1, -0.05) is 32.8 Å². The third kappa shape index (κ3) is 5.77. The first kappa shape index (κ1) is 21.9. The minimum absolute atomic E-state index is 0.0153. The SMILES string of the molecule is Cc1ccc(C(=O)NC(C)(CN)CC(C)C)cc1S(=O)(=O)NC1CCCC1. The Hall–Kier alpha value is -1.44. The van der Waals surface area contributed by atoms with Crippen molar-refractivity contribution in [2.24, 2.45) is 11.7 Å². The third-order valence-corrected chi connectivity index (χ3v) is 6.80. The van der Waals surface area contributed by atoms with Crippen LogP contribution in [0.15, 0.2) is 23.1 Å². The van der Waals surface area contributed by atoms with Gasteiger partial charge in [0.2, 0.25) is 10.0 Å². The van der Waals surface area contributed by atoms with E-state index < -0.39 is 15.6 Å². The van der Waals surface area contributed by atoms with Gasteiger partial charge in [0.15, 0.2) is 0 Å². The molecule has 7 heteroatoms. The molecule has 2 rings (SSSR count). The standard InChI is InChI=1S/C20H33N3O3S/c1-14(2)12-20(4,13-21)22-19(24)16-10-9-15(3)18(11-16)27(25,26)23-17-7-5-6-8-17/h9-11,14,17,23H,5-8,12-13,21H2,1-4H3,(H,22,24). The number of sulfonamides is 1. The summed E-state index contributed by atoms with van der Waals surface area (Å²) in [5.74, 6) is 0.0735. The Morgan fingerprint density at radius 1 is 1.30 bits per heavy atom. The molecule has 27 heavy (non-hydrogen) atoms. The minimum Gasteiger partial charge on any atom is -0.346 e. The van der Waals surface area contributed by atoms with Crippen molar-refractivity contribution in [1.82, 2.24) is 10.0 Å². The van der Waals surface area contributed by atoms with Crippen LogP contribution in [0, 0.1) is 12.8 Å². The van der Waals surface area contributed by atoms with Crippen LogP contribution in [0.2, 0.25) is 0 Å². The molecule has 0 aliphatic heterocycles. The highest BCUT2D eigenvalue weighted by molar-refractivity contribution is 7.89. The third-order valence-electron chi connectivity index (χ3n) is 5.14. The molecule has 1 fully saturated rings. The summed E-state index contributed by atoms with van der Waals surface area (Å²) in [6.07, 6.45) is 4.56. The molecule has 0 aromatic heterocycles. The van der Waals surface area contributed by atoms with E-state index in [-0.39, 0.29) is 16.8 Å². The summed E-state index contributed by atoms with van der Waals surface area (Å²) >= 11 is 0. The molecule has 0 heterocycles. The molecule has 6 nitrogen and oxygen atoms in total. The molecule has 4 N–H and O–H groups in total. The number of hydrogen-bond acceptors (Lipinski definition) is 4. The van der Waals surface area contributed by atoms with Crippen LogP contribution in [-0.4, -0.2) is 32.5 Å². The van der Waals surface area contributed by atoms with Crippen molar-refractivity contribution in [2.75, 3.05) is 6.54 Å². The second kappa shape index (κ2) is 8.71. The van der Waals surface area contributed by atoms with Crippen LogP contribution in [0.25, 0.3) is 0 Å². The molecular formula is C20H33N3O3S. The number of aryl methyl sites for hydroxylation is 1. The van der Waals surface area contributed by atoms with Gasteiger partial charge in [0.25, 0.3) is 5.91 Å². The van der Waals surface area contributed by atoms with Crippen LogP contribution in [0.3, 0.4) is 0 Å². The maximum absolute atomic E-state index is 12.8. The Kier molecular flexibility index (Phi) is 7.05. The van der Waals surface area contributed by atoms with Crippen LogP contribution in [0.1, 0.15) is 68.8 Å². The van der Waals surface area contributed by atoms with E-state index in [1.807, 2.05) is 6.92 Å². The molecule has 1 saturated carbocycles. The van der Waals surface area contributed by atoms with Gasteiger partial charge in [0, 0.05) is 23.7 Å². The van der Waals surface area contributed by atoms with Crippen molar-refractivity contribution < 1.29 is 13.2 Å². The van der Waals surface area contributed by atoms with Crippen molar-refractivity contribution in [3.05, 3.63) is 29.3 Å². The highest BCUT2D eigenvalue weighted by atomic mass is 32.2. The summed E-state index contributed by atoms with van der Waals surface area (Å²) in [4.78, 5) is 12.9. The van der Waals surface area contributed by atoms with E-state index in [4.69, 9.17) is 5.73 Å². The molecule has 0 radical (unpaired) electrons. The fourth-order valence-corrected chi connectivity index (χ4v) is 5.37. The van der Waals surface area contributed by atoms with Crippen LogP contribution < -0.4 is 15.8 Å². The van der Waals surface area contributed by atoms with Gasteiger partial charge in [0.1, 0.15) is 0 Å². The summed E-state index contributed by atoms with van der Waals surface area (Å²) in [6.45, 7) is 8.12. The van der Waals surface area contributed by atoms with Gasteiger partial charge in [-0.3, -0.25) is 4.79 Å². The van der Waals surface area contributed by atoms with E-state index in [1.165, 1.54) is 6.07 Å². The lowest BCUT2D eigenvalue weighted by atomic mass is 9.90. The van der Waals surface area contributed by atoms with Crippen molar-refractivity contribution in [3.63, 3.8) is 0 Å². The first-order valence-electron chi connectivity index (χ1n) is 9.72. The van der Waals surface area contributed by atoms with Crippen molar-refractivity contribution in [3.8, 4) is 0 Å². The Morgan fingerprint density at radius 3 is 2.48 bits per heavy atom. The summed E-state index contributed by atoms with van der Waals surface area (Å²) in [5.41, 5.74) is 6.30. The number of hydrogen-bond donors (Lipinski definition) is 3. The van der Waals surface area contributed by atoms with Crippen molar-refractivity contribution >= 4 is 15.9 Å². The number of benzene rings is 1. The van der Waals surface area contributed by atoms with E-state index >= 15 is 0 Å². The smallest absolute Gasteiger partial charge is 0.251 e. The van der Waals surface area contributed by atoms with Crippen LogP contribution in [-0.2, 0) is 10.0 Å². The molecule has 1 aromatic carbocycles. The lowest BCUT2D eigenvalue weighted by Crippen LogP contribution is -2.52. The van der Waals surface area contributed by atoms with Gasteiger partial charge in [-0.2, -0.15) is 0 Å². The topological polar surface area (TPSA) is 101 Å². The fraction of sp³-hybridized carbons (Fsp3) is 0.650. The van der Waals surface area contributed by atoms with Gasteiger partial charge < -0.3 is 11.1 Å². The van der Waals surface area contributed by atoms with Crippen LogP contribution in [0.5, 0.6) is 0 Å².